The maximum atomic E-state index is 12.8. The molecule has 0 bridgehead atoms. The molecule has 3 amide bonds. The largest absolute Gasteiger partial charge is 0.354 e. The Kier molecular flexibility index (Phi) is 6.70. The van der Waals surface area contributed by atoms with Crippen LogP contribution in [0.5, 0.6) is 0 Å². The molecule has 1 aliphatic carbocycles. The monoisotopic (exact) mass is 385 g/mol. The third-order valence-corrected chi connectivity index (χ3v) is 5.65. The van der Waals surface area contributed by atoms with Gasteiger partial charge in [-0.1, -0.05) is 24.6 Å². The summed E-state index contributed by atoms with van der Waals surface area (Å²) in [6, 6.07) is 6.80. The van der Waals surface area contributed by atoms with Crippen LogP contribution >= 0.6 is 0 Å². The van der Waals surface area contributed by atoms with E-state index in [1.807, 2.05) is 36.9 Å². The summed E-state index contributed by atoms with van der Waals surface area (Å²) in [6.45, 7) is 5.86. The summed E-state index contributed by atoms with van der Waals surface area (Å²) in [7, 11) is 0. The van der Waals surface area contributed by atoms with Gasteiger partial charge in [-0.3, -0.25) is 14.4 Å². The van der Waals surface area contributed by atoms with Crippen LogP contribution in [0.2, 0.25) is 0 Å². The fourth-order valence-corrected chi connectivity index (χ4v) is 3.81. The molecule has 3 rings (SSSR count). The molecule has 2 aliphatic rings. The lowest BCUT2D eigenvalue weighted by atomic mass is 9.88. The zero-order chi connectivity index (χ0) is 20.1. The van der Waals surface area contributed by atoms with Gasteiger partial charge in [-0.15, -0.1) is 0 Å². The highest BCUT2D eigenvalue weighted by molar-refractivity contribution is 5.97. The molecule has 0 spiro atoms. The third kappa shape index (κ3) is 5.12. The molecule has 6 heteroatoms. The first kappa shape index (κ1) is 20.4. The van der Waals surface area contributed by atoms with Gasteiger partial charge < -0.3 is 15.5 Å². The van der Waals surface area contributed by atoms with Gasteiger partial charge in [0.2, 0.25) is 11.8 Å². The zero-order valence-corrected chi connectivity index (χ0v) is 16.9. The van der Waals surface area contributed by atoms with Crippen molar-refractivity contribution in [3.8, 4) is 0 Å². The van der Waals surface area contributed by atoms with Gasteiger partial charge >= 0.3 is 0 Å². The maximum absolute atomic E-state index is 12.8. The molecule has 0 radical (unpaired) electrons. The zero-order valence-electron chi connectivity index (χ0n) is 16.9. The lowest BCUT2D eigenvalue weighted by molar-refractivity contribution is -0.134. The van der Waals surface area contributed by atoms with Gasteiger partial charge in [-0.25, -0.2) is 0 Å². The molecule has 2 N–H and O–H groups in total. The molecule has 2 fully saturated rings. The minimum Gasteiger partial charge on any atom is -0.354 e. The van der Waals surface area contributed by atoms with Crippen molar-refractivity contribution >= 4 is 17.7 Å². The Morgan fingerprint density at radius 1 is 1.14 bits per heavy atom. The second-order valence-electron chi connectivity index (χ2n) is 8.05. The average molecular weight is 386 g/mol. The molecular formula is C22H31N3O3. The number of carbonyl (C=O) groups excluding carboxylic acids is 3. The molecule has 28 heavy (non-hydrogen) atoms. The highest BCUT2D eigenvalue weighted by Crippen LogP contribution is 2.33. The van der Waals surface area contributed by atoms with Gasteiger partial charge in [0.05, 0.1) is 0 Å². The molecule has 6 nitrogen and oxygen atoms in total. The van der Waals surface area contributed by atoms with E-state index in [-0.39, 0.29) is 29.6 Å². The Morgan fingerprint density at radius 3 is 2.46 bits per heavy atom. The summed E-state index contributed by atoms with van der Waals surface area (Å²) >= 11 is 0. The second kappa shape index (κ2) is 9.22. The highest BCUT2D eigenvalue weighted by Gasteiger charge is 2.38. The lowest BCUT2D eigenvalue weighted by Crippen LogP contribution is -2.54. The van der Waals surface area contributed by atoms with Crippen molar-refractivity contribution in [3.05, 3.63) is 35.4 Å². The van der Waals surface area contributed by atoms with Gasteiger partial charge in [-0.05, 0) is 57.1 Å². The van der Waals surface area contributed by atoms with E-state index >= 15 is 0 Å². The number of nitrogens with one attached hydrogen (secondary N) is 2. The van der Waals surface area contributed by atoms with Crippen LogP contribution in [0.4, 0.5) is 0 Å². The average Bonchev–Trinajstić information content (AvgIpc) is 3.55. The lowest BCUT2D eigenvalue weighted by Gasteiger charge is -2.36. The van der Waals surface area contributed by atoms with Crippen molar-refractivity contribution in [1.29, 1.82) is 0 Å². The van der Waals surface area contributed by atoms with Crippen LogP contribution in [0.25, 0.3) is 0 Å². The van der Waals surface area contributed by atoms with Crippen LogP contribution in [0.15, 0.2) is 24.3 Å². The van der Waals surface area contributed by atoms with Crippen LogP contribution in [-0.2, 0) is 9.59 Å². The number of likely N-dealkylation sites (tertiary alicyclic amines) is 1. The Hall–Kier alpha value is -2.37. The normalized spacial score (nSPS) is 18.4. The number of rotatable bonds is 7. The van der Waals surface area contributed by atoms with E-state index in [0.29, 0.717) is 25.2 Å². The first-order valence-electron chi connectivity index (χ1n) is 10.4. The van der Waals surface area contributed by atoms with E-state index in [1.54, 1.807) is 6.07 Å². The second-order valence-corrected chi connectivity index (χ2v) is 8.05. The SMILES string of the molecule is CCCNC(=O)C(NC(=O)c1cccc(C)c1)C1CCN(C(=O)C2CC2)CC1. The van der Waals surface area contributed by atoms with Crippen molar-refractivity contribution in [2.24, 2.45) is 11.8 Å². The number of nitrogens with zero attached hydrogens (tertiary/aromatic N) is 1. The highest BCUT2D eigenvalue weighted by atomic mass is 16.2. The van der Waals surface area contributed by atoms with Gasteiger partial charge in [0.1, 0.15) is 6.04 Å². The van der Waals surface area contributed by atoms with Crippen LogP contribution in [-0.4, -0.2) is 48.3 Å². The Bertz CT molecular complexity index is 721. The number of hydrogen-bond acceptors (Lipinski definition) is 3. The van der Waals surface area contributed by atoms with Gasteiger partial charge in [-0.2, -0.15) is 0 Å². The van der Waals surface area contributed by atoms with Crippen molar-refractivity contribution in [1.82, 2.24) is 15.5 Å². The van der Waals surface area contributed by atoms with Crippen molar-refractivity contribution < 1.29 is 14.4 Å². The molecular weight excluding hydrogens is 354 g/mol. The van der Waals surface area contributed by atoms with Crippen LogP contribution in [0, 0.1) is 18.8 Å². The van der Waals surface area contributed by atoms with E-state index in [9.17, 15) is 14.4 Å². The summed E-state index contributed by atoms with van der Waals surface area (Å²) in [5.74, 6) is 0.163. The van der Waals surface area contributed by atoms with E-state index in [2.05, 4.69) is 10.6 Å². The van der Waals surface area contributed by atoms with Crippen LogP contribution in [0.3, 0.4) is 0 Å². The minimum absolute atomic E-state index is 0.0360. The summed E-state index contributed by atoms with van der Waals surface area (Å²) in [5.41, 5.74) is 1.57. The number of hydrogen-bond donors (Lipinski definition) is 2. The molecule has 1 aromatic carbocycles. The standard InChI is InChI=1S/C22H31N3O3/c1-3-11-23-21(27)19(24-20(26)18-6-4-5-15(2)14-18)16-9-12-25(13-10-16)22(28)17-7-8-17/h4-6,14,16-17,19H,3,7-13H2,1-2H3,(H,23,27)(H,24,26). The summed E-state index contributed by atoms with van der Waals surface area (Å²) in [6.07, 6.45) is 4.33. The molecule has 1 aromatic rings. The molecule has 0 aromatic heterocycles. The number of amides is 3. The van der Waals surface area contributed by atoms with E-state index in [0.717, 1.165) is 37.7 Å². The molecule has 1 heterocycles. The smallest absolute Gasteiger partial charge is 0.251 e. The molecule has 152 valence electrons. The third-order valence-electron chi connectivity index (χ3n) is 5.65. The Morgan fingerprint density at radius 2 is 1.86 bits per heavy atom. The molecule has 1 saturated heterocycles. The number of benzene rings is 1. The molecule has 1 saturated carbocycles. The Balaban J connectivity index is 1.65. The fourth-order valence-electron chi connectivity index (χ4n) is 3.81. The van der Waals surface area contributed by atoms with Gasteiger partial charge in [0.15, 0.2) is 0 Å². The van der Waals surface area contributed by atoms with E-state index in [1.165, 1.54) is 0 Å². The fraction of sp³-hybridized carbons (Fsp3) is 0.591. The quantitative estimate of drug-likeness (QED) is 0.756. The van der Waals surface area contributed by atoms with Gasteiger partial charge in [0, 0.05) is 31.1 Å². The summed E-state index contributed by atoms with van der Waals surface area (Å²) in [4.78, 5) is 39.7. The molecule has 1 atom stereocenters. The van der Waals surface area contributed by atoms with Crippen LogP contribution < -0.4 is 10.6 Å². The van der Waals surface area contributed by atoms with Crippen molar-refractivity contribution in [2.45, 2.75) is 52.0 Å². The number of carbonyl (C=O) groups is 3. The summed E-state index contributed by atoms with van der Waals surface area (Å²) < 4.78 is 0. The first-order chi connectivity index (χ1) is 13.5. The predicted molar refractivity (Wildman–Crippen MR) is 108 cm³/mol. The molecule has 1 unspecified atom stereocenters. The number of aryl methyl sites for hydroxylation is 1. The molecule has 1 aliphatic heterocycles. The maximum Gasteiger partial charge on any atom is 0.251 e. The Labute approximate surface area is 167 Å². The van der Waals surface area contributed by atoms with Crippen LogP contribution in [0.1, 0.15) is 54.9 Å². The topological polar surface area (TPSA) is 78.5 Å². The number of piperidine rings is 1. The summed E-state index contributed by atoms with van der Waals surface area (Å²) in [5, 5.41) is 5.89. The predicted octanol–water partition coefficient (Wildman–Crippen LogP) is 2.27. The van der Waals surface area contributed by atoms with Crippen molar-refractivity contribution in [2.75, 3.05) is 19.6 Å². The van der Waals surface area contributed by atoms with Gasteiger partial charge in [0.25, 0.3) is 5.91 Å². The van der Waals surface area contributed by atoms with E-state index in [4.69, 9.17) is 0 Å². The van der Waals surface area contributed by atoms with Crippen molar-refractivity contribution in [3.63, 3.8) is 0 Å². The minimum atomic E-state index is -0.572. The van der Waals surface area contributed by atoms with E-state index < -0.39 is 6.04 Å². The first-order valence-corrected chi connectivity index (χ1v) is 10.4.